The van der Waals surface area contributed by atoms with Crippen LogP contribution in [0.5, 0.6) is 0 Å². The first-order valence-corrected chi connectivity index (χ1v) is 19.1. The second kappa shape index (κ2) is 14.3. The Morgan fingerprint density at radius 2 is 1.12 bits per heavy atom. The molecule has 0 saturated heterocycles. The molecule has 0 rings (SSSR count). The Kier molecular flexibility index (Phi) is 14.4. The molecule has 4 unspecified atom stereocenters. The molecule has 33 heavy (non-hydrogen) atoms. The van der Waals surface area contributed by atoms with Gasteiger partial charge in [0.15, 0.2) is 28.4 Å². The monoisotopic (exact) mass is 528 g/mol. The molecule has 0 bridgehead atoms. The second-order valence-electron chi connectivity index (χ2n) is 13.0. The minimum atomic E-state index is -1.81. The van der Waals surface area contributed by atoms with Crippen molar-refractivity contribution in [3.8, 4) is 0 Å². The molecular weight excluding hydrogens is 472 g/mol. The Hall–Kier alpha value is 0.444. The summed E-state index contributed by atoms with van der Waals surface area (Å²) in [5.74, 6) is 0.996. The smallest absolute Gasteiger partial charge is 0.173 e. The molecule has 4 N–H and O–H groups in total. The van der Waals surface area contributed by atoms with Crippen molar-refractivity contribution in [3.05, 3.63) is 0 Å². The van der Waals surface area contributed by atoms with E-state index in [1.54, 1.807) is 0 Å². The molecule has 4 atom stereocenters. The van der Waals surface area contributed by atoms with Gasteiger partial charge in [0, 0.05) is 0 Å². The molecule has 0 aliphatic carbocycles. The standard InChI is InChI=1S/C23H57ClN4O3Si2/c1-20(12-25-22(16-29)14-27(3,4)5)18-32(8,9)31-33(10,11)19-21(2)13-26-23(17-30)15-28(6,7)24/h20-23,25-26,29-30H,12-19H2,1-11H3/q+2. The van der Waals surface area contributed by atoms with E-state index in [1.165, 1.54) is 0 Å². The number of likely N-dealkylation sites (N-methyl/N-ethyl adjacent to an activating group) is 2. The van der Waals surface area contributed by atoms with Gasteiger partial charge in [-0.15, -0.1) is 0 Å². The highest BCUT2D eigenvalue weighted by Gasteiger charge is 2.35. The van der Waals surface area contributed by atoms with Crippen molar-refractivity contribution < 1.29 is 22.8 Å². The van der Waals surface area contributed by atoms with Crippen molar-refractivity contribution >= 4 is 28.4 Å². The first-order valence-electron chi connectivity index (χ1n) is 12.5. The van der Waals surface area contributed by atoms with E-state index in [2.05, 4.69) is 71.8 Å². The summed E-state index contributed by atoms with van der Waals surface area (Å²) in [6.07, 6.45) is 0. The zero-order valence-corrected chi connectivity index (χ0v) is 26.3. The first kappa shape index (κ1) is 33.4. The maximum absolute atomic E-state index is 9.71. The van der Waals surface area contributed by atoms with Gasteiger partial charge < -0.3 is 29.4 Å². The largest absolute Gasteiger partial charge is 0.455 e. The number of aliphatic hydroxyl groups excluding tert-OH is 2. The van der Waals surface area contributed by atoms with Crippen LogP contribution in [0.2, 0.25) is 38.3 Å². The van der Waals surface area contributed by atoms with Gasteiger partial charge in [-0.25, -0.2) is 4.00 Å². The van der Waals surface area contributed by atoms with Crippen LogP contribution in [-0.4, -0.2) is 122 Å². The van der Waals surface area contributed by atoms with Gasteiger partial charge in [-0.2, -0.15) is 0 Å². The number of hydrogen-bond donors (Lipinski definition) is 4. The summed E-state index contributed by atoms with van der Waals surface area (Å²) in [6, 6.07) is 2.34. The summed E-state index contributed by atoms with van der Waals surface area (Å²) in [7, 11) is 6.70. The van der Waals surface area contributed by atoms with Crippen molar-refractivity contribution in [1.82, 2.24) is 10.6 Å². The third kappa shape index (κ3) is 18.4. The zero-order chi connectivity index (χ0) is 26.1. The maximum atomic E-state index is 9.71. The topological polar surface area (TPSA) is 73.8 Å². The lowest BCUT2D eigenvalue weighted by Crippen LogP contribution is -2.51. The fraction of sp³-hybridized carbons (Fsp3) is 1.00. The van der Waals surface area contributed by atoms with Crippen molar-refractivity contribution in [2.75, 3.05) is 74.6 Å². The van der Waals surface area contributed by atoms with E-state index in [1.807, 2.05) is 14.1 Å². The van der Waals surface area contributed by atoms with Crippen LogP contribution >= 0.6 is 11.8 Å². The van der Waals surface area contributed by atoms with Crippen LogP contribution in [0.1, 0.15) is 13.8 Å². The molecule has 0 spiro atoms. The molecule has 0 aromatic heterocycles. The quantitative estimate of drug-likeness (QED) is 0.125. The lowest BCUT2D eigenvalue weighted by Gasteiger charge is -2.37. The van der Waals surface area contributed by atoms with E-state index in [-0.39, 0.29) is 25.3 Å². The van der Waals surface area contributed by atoms with E-state index in [9.17, 15) is 10.2 Å². The summed E-state index contributed by atoms with van der Waals surface area (Å²) >= 11 is 6.28. The molecule has 0 amide bonds. The summed E-state index contributed by atoms with van der Waals surface area (Å²) in [6.45, 7) is 17.6. The Bertz CT molecular complexity index is 497. The molecule has 0 aromatic carbocycles. The highest BCUT2D eigenvalue weighted by atomic mass is 35.5. The molecule has 0 aromatic rings. The molecular formula is C23H57ClN4O3Si2+2. The van der Waals surface area contributed by atoms with Crippen molar-refractivity contribution in [1.29, 1.82) is 0 Å². The molecule has 7 nitrogen and oxygen atoms in total. The first-order chi connectivity index (χ1) is 14.8. The average molecular weight is 529 g/mol. The number of hydrogen-bond acceptors (Lipinski definition) is 5. The van der Waals surface area contributed by atoms with Crippen LogP contribution < -0.4 is 10.6 Å². The number of rotatable bonds is 18. The third-order valence-corrected chi connectivity index (χ3v) is 13.5. The Balaban J connectivity index is 4.63. The molecule has 0 radical (unpaired) electrons. The maximum Gasteiger partial charge on any atom is 0.173 e. The fourth-order valence-electron chi connectivity index (χ4n) is 4.95. The molecule has 0 saturated carbocycles. The van der Waals surface area contributed by atoms with E-state index in [4.69, 9.17) is 15.9 Å². The SMILES string of the molecule is CC(CNC(CO)C[N+](C)(C)C)C[Si](C)(C)O[Si](C)(C)CC(C)CNC(CO)C[N+](C)(C)Cl. The van der Waals surface area contributed by atoms with Gasteiger partial charge in [0.1, 0.15) is 6.54 Å². The zero-order valence-electron chi connectivity index (χ0n) is 23.5. The summed E-state index contributed by atoms with van der Waals surface area (Å²) < 4.78 is 8.04. The van der Waals surface area contributed by atoms with Crippen molar-refractivity contribution in [3.63, 3.8) is 0 Å². The van der Waals surface area contributed by atoms with Gasteiger partial charge in [0.25, 0.3) is 0 Å². The minimum absolute atomic E-state index is 0.00430. The number of halogens is 1. The molecule has 200 valence electrons. The molecule has 10 heteroatoms. The lowest BCUT2D eigenvalue weighted by atomic mass is 10.2. The van der Waals surface area contributed by atoms with E-state index in [0.717, 1.165) is 36.2 Å². The van der Waals surface area contributed by atoms with Crippen LogP contribution in [0.3, 0.4) is 0 Å². The highest BCUT2D eigenvalue weighted by Crippen LogP contribution is 2.27. The number of nitrogens with zero attached hydrogens (tertiary/aromatic N) is 2. The van der Waals surface area contributed by atoms with Gasteiger partial charge in [-0.05, 0) is 63.2 Å². The molecule has 0 heterocycles. The Labute approximate surface area is 212 Å². The summed E-state index contributed by atoms with van der Waals surface area (Å²) in [5, 5.41) is 26.4. The van der Waals surface area contributed by atoms with Gasteiger partial charge in [-0.3, -0.25) is 0 Å². The van der Waals surface area contributed by atoms with Gasteiger partial charge in [0.2, 0.25) is 0 Å². The second-order valence-corrected chi connectivity index (χ2v) is 22.6. The van der Waals surface area contributed by atoms with Gasteiger partial charge >= 0.3 is 0 Å². The van der Waals surface area contributed by atoms with E-state index < -0.39 is 16.6 Å². The minimum Gasteiger partial charge on any atom is -0.455 e. The molecule has 0 aliphatic heterocycles. The molecule has 0 fully saturated rings. The predicted octanol–water partition coefficient (Wildman–Crippen LogP) is 2.52. The normalized spacial score (nSPS) is 17.6. The Morgan fingerprint density at radius 3 is 1.42 bits per heavy atom. The number of quaternary nitrogens is 2. The van der Waals surface area contributed by atoms with E-state index in [0.29, 0.717) is 22.4 Å². The highest BCUT2D eigenvalue weighted by molar-refractivity contribution is 6.84. The number of nitrogens with one attached hydrogen (secondary N) is 2. The van der Waals surface area contributed by atoms with Gasteiger partial charge in [0.05, 0.1) is 67.1 Å². The van der Waals surface area contributed by atoms with Crippen LogP contribution in [0, 0.1) is 11.8 Å². The molecule has 0 aliphatic rings. The van der Waals surface area contributed by atoms with Crippen LogP contribution in [0.4, 0.5) is 0 Å². The average Bonchev–Trinajstić information content (AvgIpc) is 2.58. The third-order valence-electron chi connectivity index (χ3n) is 5.61. The predicted molar refractivity (Wildman–Crippen MR) is 147 cm³/mol. The van der Waals surface area contributed by atoms with Crippen LogP contribution in [-0.2, 0) is 4.12 Å². The summed E-state index contributed by atoms with van der Waals surface area (Å²) in [5.41, 5.74) is 0. The number of aliphatic hydroxyl groups is 2. The van der Waals surface area contributed by atoms with Crippen LogP contribution in [0.15, 0.2) is 0 Å². The fourth-order valence-corrected chi connectivity index (χ4v) is 15.4. The lowest BCUT2D eigenvalue weighted by molar-refractivity contribution is -0.871. The van der Waals surface area contributed by atoms with Crippen molar-refractivity contribution in [2.45, 2.75) is 64.2 Å². The van der Waals surface area contributed by atoms with E-state index >= 15 is 0 Å². The Morgan fingerprint density at radius 1 is 0.758 bits per heavy atom. The van der Waals surface area contributed by atoms with Crippen LogP contribution in [0.25, 0.3) is 0 Å². The van der Waals surface area contributed by atoms with Crippen molar-refractivity contribution in [2.24, 2.45) is 11.8 Å². The van der Waals surface area contributed by atoms with Gasteiger partial charge in [-0.1, -0.05) is 13.8 Å². The summed E-state index contributed by atoms with van der Waals surface area (Å²) in [4.78, 5) is 0.